The van der Waals surface area contributed by atoms with Crippen molar-refractivity contribution in [3.05, 3.63) is 7.05 Å². The zero-order valence-electron chi connectivity index (χ0n) is 10.2. The highest BCUT2D eigenvalue weighted by Crippen LogP contribution is 2.19. The Labute approximate surface area is 89.2 Å². The number of nitrogens with two attached hydrogens (primary N) is 1. The molecule has 0 spiro atoms. The second kappa shape index (κ2) is 7.21. The molecule has 0 aromatic carbocycles. The molecule has 1 atom stereocenters. The number of hydrogen-bond acceptors (Lipinski definition) is 2. The third-order valence-electron chi connectivity index (χ3n) is 3.12. The fourth-order valence-corrected chi connectivity index (χ4v) is 2.09. The van der Waals surface area contributed by atoms with E-state index in [1.54, 1.807) is 0 Å². The molecule has 1 aliphatic carbocycles. The van der Waals surface area contributed by atoms with E-state index in [9.17, 15) is 0 Å². The lowest BCUT2D eigenvalue weighted by Crippen LogP contribution is -3.08. The van der Waals surface area contributed by atoms with Gasteiger partial charge in [0.05, 0.1) is 6.04 Å². The average Bonchev–Trinajstić information content (AvgIpc) is 2.21. The minimum Gasteiger partial charge on any atom is -0.468 e. The molecular formula is C11H27N3. The van der Waals surface area contributed by atoms with Crippen LogP contribution < -0.4 is 10.6 Å². The van der Waals surface area contributed by atoms with Crippen molar-refractivity contribution >= 4 is 0 Å². The third-order valence-corrected chi connectivity index (χ3v) is 3.12. The smallest absolute Gasteiger partial charge is 0.0634 e. The lowest BCUT2D eigenvalue weighted by Gasteiger charge is -2.36. The maximum absolute atomic E-state index is 4.50. The standard InChI is InChI=1S/C10H22N2.CH5N/c1-11(2)9-5-7-10(8-6-9)12(3)4;1-2/h9-11H,1,5-8H2,2-4H3;2H2,1H3. The van der Waals surface area contributed by atoms with E-state index in [0.717, 1.165) is 12.1 Å². The minimum atomic E-state index is 0.807. The Morgan fingerprint density at radius 2 is 1.57 bits per heavy atom. The summed E-state index contributed by atoms with van der Waals surface area (Å²) in [5, 5.41) is 0. The van der Waals surface area contributed by atoms with Gasteiger partial charge in [-0.2, -0.15) is 7.05 Å². The second-order valence-corrected chi connectivity index (χ2v) is 4.32. The molecule has 1 fully saturated rings. The van der Waals surface area contributed by atoms with Crippen molar-refractivity contribution in [3.8, 4) is 0 Å². The van der Waals surface area contributed by atoms with Crippen molar-refractivity contribution in [2.45, 2.75) is 37.8 Å². The molecule has 0 saturated heterocycles. The van der Waals surface area contributed by atoms with Gasteiger partial charge in [-0.25, -0.2) is 0 Å². The predicted molar refractivity (Wildman–Crippen MR) is 62.1 cm³/mol. The zero-order chi connectivity index (χ0) is 11.1. The van der Waals surface area contributed by atoms with E-state index in [-0.39, 0.29) is 0 Å². The van der Waals surface area contributed by atoms with Gasteiger partial charge in [-0.3, -0.25) is 0 Å². The van der Waals surface area contributed by atoms with Crippen LogP contribution in [0.5, 0.6) is 0 Å². The molecule has 0 aliphatic heterocycles. The van der Waals surface area contributed by atoms with Gasteiger partial charge in [-0.05, 0) is 46.8 Å². The van der Waals surface area contributed by atoms with Gasteiger partial charge in [-0.1, -0.05) is 0 Å². The Kier molecular flexibility index (Phi) is 7.15. The van der Waals surface area contributed by atoms with Crippen molar-refractivity contribution in [3.63, 3.8) is 0 Å². The molecule has 1 unspecified atom stereocenters. The number of hydrogen-bond donors (Lipinski definition) is 2. The van der Waals surface area contributed by atoms with Crippen LogP contribution in [0.3, 0.4) is 0 Å². The van der Waals surface area contributed by atoms with Crippen molar-refractivity contribution in [2.75, 3.05) is 28.2 Å². The number of quaternary nitrogens is 1. The fraction of sp³-hybridized carbons (Fsp3) is 0.909. The molecular weight excluding hydrogens is 174 g/mol. The van der Waals surface area contributed by atoms with Crippen LogP contribution in [0.25, 0.3) is 0 Å². The Morgan fingerprint density at radius 1 is 1.14 bits per heavy atom. The zero-order valence-corrected chi connectivity index (χ0v) is 10.2. The summed E-state index contributed by atoms with van der Waals surface area (Å²) in [6.07, 6.45) is 5.39. The van der Waals surface area contributed by atoms with Crippen LogP contribution >= 0.6 is 0 Å². The number of nitrogens with zero attached hydrogens (tertiary/aromatic N) is 1. The SMILES string of the molecule is CN.[CH2-][NH+](C)C1CCC(N(C)C)CC1. The average molecular weight is 201 g/mol. The predicted octanol–water partition coefficient (Wildman–Crippen LogP) is -0.260. The molecule has 3 nitrogen and oxygen atoms in total. The summed E-state index contributed by atoms with van der Waals surface area (Å²) >= 11 is 0. The highest BCUT2D eigenvalue weighted by molar-refractivity contribution is 4.76. The third kappa shape index (κ3) is 4.40. The molecule has 1 saturated carbocycles. The number of rotatable bonds is 2. The van der Waals surface area contributed by atoms with Gasteiger partial charge in [-0.15, -0.1) is 0 Å². The summed E-state index contributed by atoms with van der Waals surface area (Å²) in [6.45, 7) is 0. The van der Waals surface area contributed by atoms with Crippen LogP contribution in [0.1, 0.15) is 25.7 Å². The fourth-order valence-electron chi connectivity index (χ4n) is 2.09. The van der Waals surface area contributed by atoms with Crippen LogP contribution in [0.15, 0.2) is 0 Å². The van der Waals surface area contributed by atoms with Crippen LogP contribution in [-0.2, 0) is 0 Å². The first-order chi connectivity index (χ1) is 6.61. The minimum absolute atomic E-state index is 0.807. The molecule has 1 aliphatic rings. The first kappa shape index (κ1) is 13.9. The maximum atomic E-state index is 4.50. The Bertz CT molecular complexity index is 110. The van der Waals surface area contributed by atoms with E-state index >= 15 is 0 Å². The second-order valence-electron chi connectivity index (χ2n) is 4.32. The molecule has 0 amide bonds. The summed E-state index contributed by atoms with van der Waals surface area (Å²) in [5.74, 6) is 0. The molecule has 0 aromatic rings. The Hall–Kier alpha value is -0.120. The van der Waals surface area contributed by atoms with Gasteiger partial charge < -0.3 is 15.5 Å². The molecule has 0 aromatic heterocycles. The molecule has 0 bridgehead atoms. The summed E-state index contributed by atoms with van der Waals surface area (Å²) in [5.41, 5.74) is 4.50. The van der Waals surface area contributed by atoms with E-state index < -0.39 is 0 Å². The van der Waals surface area contributed by atoms with Crippen molar-refractivity contribution in [1.82, 2.24) is 4.90 Å². The van der Waals surface area contributed by atoms with E-state index in [1.807, 2.05) is 0 Å². The normalized spacial score (nSPS) is 29.4. The van der Waals surface area contributed by atoms with E-state index in [0.29, 0.717) is 0 Å². The van der Waals surface area contributed by atoms with E-state index in [2.05, 4.69) is 38.8 Å². The summed E-state index contributed by atoms with van der Waals surface area (Å²) in [6, 6.07) is 1.63. The molecule has 86 valence electrons. The molecule has 14 heavy (non-hydrogen) atoms. The maximum Gasteiger partial charge on any atom is 0.0634 e. The van der Waals surface area contributed by atoms with Crippen LogP contribution in [0.2, 0.25) is 0 Å². The Balaban J connectivity index is 0.000000791. The Morgan fingerprint density at radius 3 is 1.86 bits per heavy atom. The van der Waals surface area contributed by atoms with Gasteiger partial charge in [0.25, 0.3) is 0 Å². The highest BCUT2D eigenvalue weighted by Gasteiger charge is 2.23. The van der Waals surface area contributed by atoms with Gasteiger partial charge >= 0.3 is 0 Å². The van der Waals surface area contributed by atoms with Gasteiger partial charge in [0.2, 0.25) is 0 Å². The largest absolute Gasteiger partial charge is 0.468 e. The first-order valence-electron chi connectivity index (χ1n) is 5.51. The molecule has 3 N–H and O–H groups in total. The lowest BCUT2D eigenvalue weighted by atomic mass is 9.90. The van der Waals surface area contributed by atoms with Crippen LogP contribution in [-0.4, -0.2) is 45.2 Å². The summed E-state index contributed by atoms with van der Waals surface area (Å²) in [4.78, 5) is 3.74. The van der Waals surface area contributed by atoms with Gasteiger partial charge in [0.1, 0.15) is 0 Å². The molecule has 3 heteroatoms. The van der Waals surface area contributed by atoms with Gasteiger partial charge in [0.15, 0.2) is 0 Å². The van der Waals surface area contributed by atoms with Crippen molar-refractivity contribution in [2.24, 2.45) is 5.73 Å². The number of nitrogens with one attached hydrogen (secondary N) is 1. The van der Waals surface area contributed by atoms with Crippen LogP contribution in [0.4, 0.5) is 0 Å². The van der Waals surface area contributed by atoms with E-state index in [4.69, 9.17) is 0 Å². The molecule has 0 radical (unpaired) electrons. The van der Waals surface area contributed by atoms with E-state index in [1.165, 1.54) is 37.6 Å². The summed E-state index contributed by atoms with van der Waals surface area (Å²) < 4.78 is 0. The topological polar surface area (TPSA) is 33.7 Å². The molecule has 0 heterocycles. The highest BCUT2D eigenvalue weighted by atomic mass is 15.1. The van der Waals surface area contributed by atoms with Crippen LogP contribution in [0, 0.1) is 7.05 Å². The first-order valence-corrected chi connectivity index (χ1v) is 5.51. The van der Waals surface area contributed by atoms with Crippen molar-refractivity contribution < 1.29 is 4.90 Å². The molecule has 1 rings (SSSR count). The monoisotopic (exact) mass is 201 g/mol. The van der Waals surface area contributed by atoms with Crippen molar-refractivity contribution in [1.29, 1.82) is 0 Å². The quantitative estimate of drug-likeness (QED) is 0.604. The summed E-state index contributed by atoms with van der Waals surface area (Å²) in [7, 11) is 12.1. The van der Waals surface area contributed by atoms with Gasteiger partial charge in [0, 0.05) is 13.1 Å². The lowest BCUT2D eigenvalue weighted by molar-refractivity contribution is -0.861.